The molecule has 2 N–H and O–H groups in total. The van der Waals surface area contributed by atoms with Crippen LogP contribution in [-0.4, -0.2) is 34.7 Å². The van der Waals surface area contributed by atoms with Gasteiger partial charge in [-0.15, -0.1) is 0 Å². The summed E-state index contributed by atoms with van der Waals surface area (Å²) >= 11 is 0. The van der Waals surface area contributed by atoms with Crippen LogP contribution in [0.4, 0.5) is 0 Å². The zero-order valence-electron chi connectivity index (χ0n) is 20.4. The summed E-state index contributed by atoms with van der Waals surface area (Å²) in [7, 11) is 0. The standard InChI is InChI=1S/C28H38N2O2/c1-17(2)21-11-19(5)27(31)23(13-21)15-29-25-7-9-26(10-8-25)30-16-24-14-22(18(3)4)12-20(6)28(24)32/h11-18,25-26,31-32H,7-10H2,1-6H3. The highest BCUT2D eigenvalue weighted by Gasteiger charge is 2.20. The molecule has 0 radical (unpaired) electrons. The number of phenols is 2. The Bertz CT molecular complexity index is 915. The molecule has 3 rings (SSSR count). The second-order valence-corrected chi connectivity index (χ2v) is 9.88. The molecule has 0 saturated heterocycles. The molecule has 1 aliphatic rings. The first kappa shape index (κ1) is 24.0. The van der Waals surface area contributed by atoms with Gasteiger partial charge in [0.05, 0.1) is 12.1 Å². The first-order valence-corrected chi connectivity index (χ1v) is 11.9. The molecule has 0 amide bonds. The normalized spacial score (nSPS) is 19.6. The lowest BCUT2D eigenvalue weighted by Crippen LogP contribution is -2.20. The lowest BCUT2D eigenvalue weighted by molar-refractivity contribution is 0.399. The minimum absolute atomic E-state index is 0.267. The van der Waals surface area contributed by atoms with Gasteiger partial charge in [-0.3, -0.25) is 9.98 Å². The molecule has 2 aromatic carbocycles. The van der Waals surface area contributed by atoms with E-state index >= 15 is 0 Å². The van der Waals surface area contributed by atoms with Crippen molar-refractivity contribution >= 4 is 12.4 Å². The molecule has 0 aromatic heterocycles. The number of aryl methyl sites for hydroxylation is 2. The second kappa shape index (κ2) is 10.3. The van der Waals surface area contributed by atoms with Gasteiger partial charge in [-0.05, 0) is 85.8 Å². The van der Waals surface area contributed by atoms with Gasteiger partial charge < -0.3 is 10.2 Å². The third kappa shape index (κ3) is 5.79. The van der Waals surface area contributed by atoms with Gasteiger partial charge in [0, 0.05) is 23.6 Å². The number of aliphatic imine (C=N–C) groups is 2. The number of phenolic OH excluding ortho intramolecular Hbond substituents is 2. The maximum Gasteiger partial charge on any atom is 0.127 e. The minimum atomic E-state index is 0.267. The highest BCUT2D eigenvalue weighted by atomic mass is 16.3. The van der Waals surface area contributed by atoms with Crippen molar-refractivity contribution in [1.29, 1.82) is 0 Å². The van der Waals surface area contributed by atoms with E-state index in [0.717, 1.165) is 47.9 Å². The fourth-order valence-corrected chi connectivity index (χ4v) is 4.26. The number of aromatic hydroxyl groups is 2. The lowest BCUT2D eigenvalue weighted by atomic mass is 9.91. The molecule has 0 atom stereocenters. The Hall–Kier alpha value is -2.62. The maximum absolute atomic E-state index is 10.4. The van der Waals surface area contributed by atoms with E-state index in [4.69, 9.17) is 9.98 Å². The van der Waals surface area contributed by atoms with Crippen LogP contribution in [0.3, 0.4) is 0 Å². The minimum Gasteiger partial charge on any atom is -0.507 e. The van der Waals surface area contributed by atoms with Crippen molar-refractivity contribution in [3.05, 3.63) is 57.6 Å². The summed E-state index contributed by atoms with van der Waals surface area (Å²) < 4.78 is 0. The summed E-state index contributed by atoms with van der Waals surface area (Å²) in [6.45, 7) is 12.5. The van der Waals surface area contributed by atoms with E-state index in [2.05, 4.69) is 39.8 Å². The Labute approximate surface area is 193 Å². The largest absolute Gasteiger partial charge is 0.507 e. The molecule has 4 heteroatoms. The van der Waals surface area contributed by atoms with E-state index in [9.17, 15) is 10.2 Å². The van der Waals surface area contributed by atoms with E-state index in [1.54, 1.807) is 0 Å². The molecule has 0 spiro atoms. The predicted octanol–water partition coefficient (Wildman–Crippen LogP) is 6.81. The van der Waals surface area contributed by atoms with E-state index in [1.165, 1.54) is 11.1 Å². The topological polar surface area (TPSA) is 65.2 Å². The number of benzene rings is 2. The van der Waals surface area contributed by atoms with Crippen molar-refractivity contribution in [3.63, 3.8) is 0 Å². The van der Waals surface area contributed by atoms with Gasteiger partial charge in [0.1, 0.15) is 11.5 Å². The Morgan fingerprint density at radius 1 is 0.688 bits per heavy atom. The molecular formula is C28H38N2O2. The molecule has 0 heterocycles. The Morgan fingerprint density at radius 2 is 1.03 bits per heavy atom. The summed E-state index contributed by atoms with van der Waals surface area (Å²) in [5.74, 6) is 1.49. The van der Waals surface area contributed by atoms with E-state index < -0.39 is 0 Å². The third-order valence-corrected chi connectivity index (χ3v) is 6.55. The van der Waals surface area contributed by atoms with Gasteiger partial charge in [0.2, 0.25) is 0 Å². The van der Waals surface area contributed by atoms with Crippen LogP contribution in [-0.2, 0) is 0 Å². The zero-order valence-corrected chi connectivity index (χ0v) is 20.4. The van der Waals surface area contributed by atoms with Crippen LogP contribution >= 0.6 is 0 Å². The van der Waals surface area contributed by atoms with Crippen LogP contribution in [0.1, 0.15) is 98.6 Å². The van der Waals surface area contributed by atoms with E-state index in [1.807, 2.05) is 38.4 Å². The number of hydrogen-bond donors (Lipinski definition) is 2. The Morgan fingerprint density at radius 3 is 1.34 bits per heavy atom. The smallest absolute Gasteiger partial charge is 0.127 e. The molecule has 4 nitrogen and oxygen atoms in total. The van der Waals surface area contributed by atoms with Crippen molar-refractivity contribution in [2.24, 2.45) is 9.98 Å². The molecule has 172 valence electrons. The summed E-state index contributed by atoms with van der Waals surface area (Å²) in [5, 5.41) is 20.8. The summed E-state index contributed by atoms with van der Waals surface area (Å²) in [4.78, 5) is 9.58. The second-order valence-electron chi connectivity index (χ2n) is 9.88. The number of nitrogens with zero attached hydrogens (tertiary/aromatic N) is 2. The highest BCUT2D eigenvalue weighted by molar-refractivity contribution is 5.85. The van der Waals surface area contributed by atoms with Crippen LogP contribution in [0.5, 0.6) is 11.5 Å². The van der Waals surface area contributed by atoms with Crippen LogP contribution in [0.2, 0.25) is 0 Å². The third-order valence-electron chi connectivity index (χ3n) is 6.55. The van der Waals surface area contributed by atoms with Gasteiger partial charge in [-0.25, -0.2) is 0 Å². The molecule has 1 saturated carbocycles. The SMILES string of the molecule is Cc1cc(C(C)C)cc(C=NC2CCC(N=Cc3cc(C(C)C)cc(C)c3O)CC2)c1O. The fraction of sp³-hybridized carbons (Fsp3) is 0.500. The molecule has 0 unspecified atom stereocenters. The van der Waals surface area contributed by atoms with Crippen LogP contribution in [0.25, 0.3) is 0 Å². The van der Waals surface area contributed by atoms with E-state index in [0.29, 0.717) is 23.3 Å². The van der Waals surface area contributed by atoms with Crippen molar-refractivity contribution in [3.8, 4) is 11.5 Å². The molecule has 32 heavy (non-hydrogen) atoms. The van der Waals surface area contributed by atoms with Crippen LogP contribution in [0, 0.1) is 13.8 Å². The summed E-state index contributed by atoms with van der Waals surface area (Å²) in [6, 6.07) is 8.73. The van der Waals surface area contributed by atoms with Crippen molar-refractivity contribution in [2.45, 2.75) is 91.1 Å². The van der Waals surface area contributed by atoms with Crippen LogP contribution < -0.4 is 0 Å². The lowest BCUT2D eigenvalue weighted by Gasteiger charge is -2.23. The quantitative estimate of drug-likeness (QED) is 0.490. The average Bonchev–Trinajstić information content (AvgIpc) is 2.76. The van der Waals surface area contributed by atoms with Gasteiger partial charge in [0.15, 0.2) is 0 Å². The van der Waals surface area contributed by atoms with Gasteiger partial charge >= 0.3 is 0 Å². The highest BCUT2D eigenvalue weighted by Crippen LogP contribution is 2.29. The average molecular weight is 435 g/mol. The summed E-state index contributed by atoms with van der Waals surface area (Å²) in [6.07, 6.45) is 7.64. The number of rotatable bonds is 6. The predicted molar refractivity (Wildman–Crippen MR) is 135 cm³/mol. The molecule has 0 aliphatic heterocycles. The van der Waals surface area contributed by atoms with E-state index in [-0.39, 0.29) is 12.1 Å². The molecular weight excluding hydrogens is 396 g/mol. The first-order chi connectivity index (χ1) is 15.2. The van der Waals surface area contributed by atoms with Crippen LogP contribution in [0.15, 0.2) is 34.3 Å². The number of hydrogen-bond acceptors (Lipinski definition) is 4. The monoisotopic (exact) mass is 434 g/mol. The van der Waals surface area contributed by atoms with Crippen molar-refractivity contribution in [2.75, 3.05) is 0 Å². The van der Waals surface area contributed by atoms with Gasteiger partial charge in [-0.1, -0.05) is 39.8 Å². The van der Waals surface area contributed by atoms with Gasteiger partial charge in [-0.2, -0.15) is 0 Å². The van der Waals surface area contributed by atoms with Crippen molar-refractivity contribution in [1.82, 2.24) is 0 Å². The fourth-order valence-electron chi connectivity index (χ4n) is 4.26. The molecule has 2 aromatic rings. The molecule has 1 fully saturated rings. The molecule has 1 aliphatic carbocycles. The first-order valence-electron chi connectivity index (χ1n) is 11.9. The zero-order chi connectivity index (χ0) is 23.4. The van der Waals surface area contributed by atoms with Crippen molar-refractivity contribution < 1.29 is 10.2 Å². The summed E-state index contributed by atoms with van der Waals surface area (Å²) in [5.41, 5.74) is 5.86. The Balaban J connectivity index is 1.63. The Kier molecular flexibility index (Phi) is 7.76. The van der Waals surface area contributed by atoms with Gasteiger partial charge in [0.25, 0.3) is 0 Å². The molecule has 0 bridgehead atoms. The maximum atomic E-state index is 10.4.